The highest BCUT2D eigenvalue weighted by Crippen LogP contribution is 2.59. The van der Waals surface area contributed by atoms with E-state index in [4.69, 9.17) is 0 Å². The molecule has 1 aromatic carbocycles. The van der Waals surface area contributed by atoms with Crippen molar-refractivity contribution in [1.82, 2.24) is 14.9 Å². The number of rotatable bonds is 5. The van der Waals surface area contributed by atoms with E-state index in [0.29, 0.717) is 11.4 Å². The fraction of sp³-hybridized carbons (Fsp3) is 0.429. The quantitative estimate of drug-likeness (QED) is 0.824. The summed E-state index contributed by atoms with van der Waals surface area (Å²) in [4.78, 5) is 17.4. The van der Waals surface area contributed by atoms with Crippen LogP contribution in [0.5, 0.6) is 0 Å². The van der Waals surface area contributed by atoms with Crippen molar-refractivity contribution in [2.24, 2.45) is 24.3 Å². The summed E-state index contributed by atoms with van der Waals surface area (Å²) in [6.07, 6.45) is 5.61. The van der Waals surface area contributed by atoms with Crippen LogP contribution in [0.4, 0.5) is 4.39 Å². The van der Waals surface area contributed by atoms with E-state index in [1.54, 1.807) is 30.6 Å². The number of imidazole rings is 1. The Morgan fingerprint density at radius 2 is 2.04 bits per heavy atom. The molecule has 3 rings (SSSR count). The highest BCUT2D eigenvalue weighted by Gasteiger charge is 2.60. The fourth-order valence-corrected chi connectivity index (χ4v) is 3.73. The molecule has 4 nitrogen and oxygen atoms in total. The molecule has 0 bridgehead atoms. The molecule has 1 heterocycles. The summed E-state index contributed by atoms with van der Waals surface area (Å²) in [7, 11) is 1.84. The Morgan fingerprint density at radius 3 is 2.62 bits per heavy atom. The lowest BCUT2D eigenvalue weighted by Gasteiger charge is -2.20. The molecule has 1 saturated carbocycles. The van der Waals surface area contributed by atoms with Crippen molar-refractivity contribution < 1.29 is 9.18 Å². The second-order valence-electron chi connectivity index (χ2n) is 7.93. The van der Waals surface area contributed by atoms with Crippen molar-refractivity contribution in [3.63, 3.8) is 0 Å². The SMILES string of the molecule is CC(C)=C[C@H]1[C@H](C(=O)N[C@@H](c2ccccc2F)c2nccn2C)C1(C)C. The number of benzene rings is 1. The Kier molecular flexibility index (Phi) is 4.74. The molecule has 1 amide bonds. The molecule has 0 radical (unpaired) electrons. The van der Waals surface area contributed by atoms with Crippen LogP contribution in [0.15, 0.2) is 48.3 Å². The minimum atomic E-state index is -0.618. The van der Waals surface area contributed by atoms with Crippen molar-refractivity contribution in [2.75, 3.05) is 0 Å². The van der Waals surface area contributed by atoms with Crippen LogP contribution in [0.1, 0.15) is 45.1 Å². The van der Waals surface area contributed by atoms with E-state index in [-0.39, 0.29) is 29.0 Å². The van der Waals surface area contributed by atoms with Gasteiger partial charge in [-0.15, -0.1) is 0 Å². The molecule has 0 spiro atoms. The lowest BCUT2D eigenvalue weighted by molar-refractivity contribution is -0.123. The number of carbonyl (C=O) groups excluding carboxylic acids is 1. The number of aryl methyl sites for hydroxylation is 1. The van der Waals surface area contributed by atoms with Crippen molar-refractivity contribution in [1.29, 1.82) is 0 Å². The Morgan fingerprint density at radius 1 is 1.35 bits per heavy atom. The standard InChI is InChI=1S/C21H26FN3O/c1-13(2)12-15-17(21(15,3)4)20(26)24-18(19-23-10-11-25(19)5)14-8-6-7-9-16(14)22/h6-12,15,17-18H,1-5H3,(H,24,26)/t15-,17+,18-/m0/s1. The van der Waals surface area contributed by atoms with E-state index in [9.17, 15) is 9.18 Å². The van der Waals surface area contributed by atoms with Crippen LogP contribution in [0.25, 0.3) is 0 Å². The minimum Gasteiger partial charge on any atom is -0.342 e. The number of hydrogen-bond donors (Lipinski definition) is 1. The summed E-state index contributed by atoms with van der Waals surface area (Å²) in [6, 6.07) is 5.90. The minimum absolute atomic E-state index is 0.0613. The topological polar surface area (TPSA) is 46.9 Å². The van der Waals surface area contributed by atoms with Crippen molar-refractivity contribution in [3.05, 3.63) is 65.5 Å². The molecule has 0 unspecified atom stereocenters. The average molecular weight is 355 g/mol. The number of halogens is 1. The lowest BCUT2D eigenvalue weighted by Crippen LogP contribution is -2.33. The molecular weight excluding hydrogens is 329 g/mol. The first-order chi connectivity index (χ1) is 12.2. The van der Waals surface area contributed by atoms with Gasteiger partial charge in [0.1, 0.15) is 17.7 Å². The normalized spacial score (nSPS) is 21.8. The third-order valence-corrected chi connectivity index (χ3v) is 5.33. The molecule has 1 aromatic heterocycles. The van der Waals surface area contributed by atoms with E-state index in [1.807, 2.05) is 25.5 Å². The zero-order valence-electron chi connectivity index (χ0n) is 16.0. The number of amides is 1. The van der Waals surface area contributed by atoms with Gasteiger partial charge in [-0.1, -0.05) is 43.7 Å². The Hall–Kier alpha value is -2.43. The van der Waals surface area contributed by atoms with Crippen LogP contribution in [0, 0.1) is 23.1 Å². The average Bonchev–Trinajstić information content (AvgIpc) is 2.88. The van der Waals surface area contributed by atoms with Gasteiger partial charge in [0.15, 0.2) is 0 Å². The molecule has 0 saturated heterocycles. The zero-order valence-corrected chi connectivity index (χ0v) is 16.0. The highest BCUT2D eigenvalue weighted by molar-refractivity contribution is 5.84. The summed E-state index contributed by atoms with van der Waals surface area (Å²) in [5.74, 6) is 0.285. The van der Waals surface area contributed by atoms with Crippen LogP contribution in [0.3, 0.4) is 0 Å². The van der Waals surface area contributed by atoms with Gasteiger partial charge >= 0.3 is 0 Å². The number of hydrogen-bond acceptors (Lipinski definition) is 2. The molecule has 0 aliphatic heterocycles. The van der Waals surface area contributed by atoms with Gasteiger partial charge < -0.3 is 9.88 Å². The third kappa shape index (κ3) is 3.30. The molecule has 2 aromatic rings. The first-order valence-corrected chi connectivity index (χ1v) is 8.90. The first-order valence-electron chi connectivity index (χ1n) is 8.90. The van der Waals surface area contributed by atoms with E-state index >= 15 is 0 Å². The van der Waals surface area contributed by atoms with Crippen LogP contribution >= 0.6 is 0 Å². The number of nitrogens with one attached hydrogen (secondary N) is 1. The van der Waals surface area contributed by atoms with Gasteiger partial charge in [0.05, 0.1) is 5.92 Å². The molecular formula is C21H26FN3O. The molecule has 1 aliphatic rings. The molecule has 1 N–H and O–H groups in total. The number of allylic oxidation sites excluding steroid dienone is 2. The van der Waals surface area contributed by atoms with Crippen LogP contribution < -0.4 is 5.32 Å². The third-order valence-electron chi connectivity index (χ3n) is 5.33. The van der Waals surface area contributed by atoms with E-state index in [1.165, 1.54) is 11.6 Å². The molecule has 1 aliphatic carbocycles. The van der Waals surface area contributed by atoms with Gasteiger partial charge in [-0.3, -0.25) is 4.79 Å². The van der Waals surface area contributed by atoms with Crippen molar-refractivity contribution >= 4 is 5.91 Å². The summed E-state index contributed by atoms with van der Waals surface area (Å²) < 4.78 is 16.2. The van der Waals surface area contributed by atoms with Gasteiger partial charge in [-0.2, -0.15) is 0 Å². The van der Waals surface area contributed by atoms with Crippen LogP contribution in [-0.2, 0) is 11.8 Å². The largest absolute Gasteiger partial charge is 0.342 e. The smallest absolute Gasteiger partial charge is 0.225 e. The van der Waals surface area contributed by atoms with Gasteiger partial charge in [0.25, 0.3) is 0 Å². The number of nitrogens with zero attached hydrogens (tertiary/aromatic N) is 2. The van der Waals surface area contributed by atoms with Gasteiger partial charge in [-0.05, 0) is 31.2 Å². The summed E-state index contributed by atoms with van der Waals surface area (Å²) in [5, 5.41) is 3.05. The molecule has 26 heavy (non-hydrogen) atoms. The Bertz CT molecular complexity index is 848. The summed E-state index contributed by atoms with van der Waals surface area (Å²) >= 11 is 0. The molecule has 138 valence electrons. The fourth-order valence-electron chi connectivity index (χ4n) is 3.73. The van der Waals surface area contributed by atoms with Crippen LogP contribution in [0.2, 0.25) is 0 Å². The first kappa shape index (κ1) is 18.4. The summed E-state index contributed by atoms with van der Waals surface area (Å²) in [5.41, 5.74) is 1.53. The highest BCUT2D eigenvalue weighted by atomic mass is 19.1. The zero-order chi connectivity index (χ0) is 19.1. The molecule has 3 atom stereocenters. The maximum Gasteiger partial charge on any atom is 0.225 e. The molecule has 5 heteroatoms. The van der Waals surface area contributed by atoms with Gasteiger partial charge in [0, 0.05) is 25.0 Å². The summed E-state index contributed by atoms with van der Waals surface area (Å²) in [6.45, 7) is 8.28. The lowest BCUT2D eigenvalue weighted by atomic mass is 10.0. The Labute approximate surface area is 154 Å². The monoisotopic (exact) mass is 355 g/mol. The van der Waals surface area contributed by atoms with Crippen molar-refractivity contribution in [2.45, 2.75) is 33.7 Å². The maximum absolute atomic E-state index is 14.4. The van der Waals surface area contributed by atoms with Gasteiger partial charge in [-0.25, -0.2) is 9.37 Å². The van der Waals surface area contributed by atoms with E-state index < -0.39 is 6.04 Å². The van der Waals surface area contributed by atoms with Crippen LogP contribution in [-0.4, -0.2) is 15.5 Å². The second kappa shape index (κ2) is 6.71. The predicted octanol–water partition coefficient (Wildman–Crippen LogP) is 4.00. The number of aromatic nitrogens is 2. The number of carbonyl (C=O) groups is 1. The van der Waals surface area contributed by atoms with Crippen molar-refractivity contribution in [3.8, 4) is 0 Å². The van der Waals surface area contributed by atoms with Gasteiger partial charge in [0.2, 0.25) is 5.91 Å². The Balaban J connectivity index is 1.90. The maximum atomic E-state index is 14.4. The molecule has 1 fully saturated rings. The van der Waals surface area contributed by atoms with E-state index in [2.05, 4.69) is 30.2 Å². The second-order valence-corrected chi connectivity index (χ2v) is 7.93. The predicted molar refractivity (Wildman–Crippen MR) is 99.8 cm³/mol. The van der Waals surface area contributed by atoms with E-state index in [0.717, 1.165) is 0 Å².